The Bertz CT molecular complexity index is 205. The third-order valence-corrected chi connectivity index (χ3v) is 0.819. The van der Waals surface area contributed by atoms with Gasteiger partial charge in [-0.1, -0.05) is 0 Å². The molecule has 1 unspecified atom stereocenters. The van der Waals surface area contributed by atoms with E-state index in [4.69, 9.17) is 14.3 Å². The van der Waals surface area contributed by atoms with Crippen molar-refractivity contribution in [3.8, 4) is 0 Å². The summed E-state index contributed by atoms with van der Waals surface area (Å²) in [6.45, 7) is -2.54. The first-order chi connectivity index (χ1) is 5.14. The van der Waals surface area contributed by atoms with Crippen LogP contribution < -0.4 is 0 Å². The lowest BCUT2D eigenvalue weighted by Gasteiger charge is -2.11. The first kappa shape index (κ1) is 4.00. The van der Waals surface area contributed by atoms with Crippen LogP contribution in [0.2, 0.25) is 0 Å². The van der Waals surface area contributed by atoms with E-state index in [1.807, 2.05) is 0 Å². The molecule has 0 aliphatic carbocycles. The number of hydrogen-bond acceptors (Lipinski definition) is 3. The molecular formula is C5H8O4. The van der Waals surface area contributed by atoms with E-state index in [9.17, 15) is 9.59 Å². The molecule has 4 nitrogen and oxygen atoms in total. The predicted octanol–water partition coefficient (Wildman–Crippen LogP) is -0.589. The average Bonchev–Trinajstić information content (AvgIpc) is 1.82. The number of rotatable bonds is 2. The molecule has 9 heavy (non-hydrogen) atoms. The number of carboxylic acid groups (broad SMARTS) is 1. The molecular weight excluding hydrogens is 128 g/mol. The lowest BCUT2D eigenvalue weighted by molar-refractivity contribution is -0.162. The molecule has 0 rings (SSSR count). The second-order valence-corrected chi connectivity index (χ2v) is 1.57. The molecule has 2 N–H and O–H groups in total. The molecule has 4 heteroatoms. The molecule has 0 aliphatic rings. The van der Waals surface area contributed by atoms with E-state index in [0.29, 0.717) is 6.92 Å². The smallest absolute Gasteiger partial charge is 0.343 e. The average molecular weight is 139 g/mol. The summed E-state index contributed by atoms with van der Waals surface area (Å²) in [6, 6.07) is 0. The summed E-state index contributed by atoms with van der Waals surface area (Å²) in [6.07, 6.45) is 0. The van der Waals surface area contributed by atoms with Gasteiger partial charge in [0, 0.05) is 4.11 Å². The maximum atomic E-state index is 10.6. The van der Waals surface area contributed by atoms with Gasteiger partial charge < -0.3 is 10.2 Å². The summed E-state index contributed by atoms with van der Waals surface area (Å²) < 4.78 is 19.9. The molecule has 0 spiro atoms. The first-order valence-electron chi connectivity index (χ1n) is 3.61. The van der Waals surface area contributed by atoms with E-state index in [1.165, 1.54) is 0 Å². The molecule has 0 amide bonds. The zero-order valence-corrected chi connectivity index (χ0v) is 4.71. The van der Waals surface area contributed by atoms with E-state index in [-0.39, 0.29) is 0 Å². The van der Waals surface area contributed by atoms with Gasteiger partial charge in [0.05, 0.1) is 0 Å². The van der Waals surface area contributed by atoms with Gasteiger partial charge in [-0.15, -0.1) is 0 Å². The highest BCUT2D eigenvalue weighted by Gasteiger charge is 2.35. The summed E-state index contributed by atoms with van der Waals surface area (Å²) >= 11 is 0. The maximum Gasteiger partial charge on any atom is 0.343 e. The minimum Gasteiger partial charge on any atom is -0.479 e. The number of Topliss-reactive ketones (excluding diaryl/α,β-unsaturated/α-hetero) is 1. The van der Waals surface area contributed by atoms with Gasteiger partial charge in [0.1, 0.15) is 0 Å². The van der Waals surface area contributed by atoms with Gasteiger partial charge in [-0.05, 0) is 13.8 Å². The van der Waals surface area contributed by atoms with Crippen LogP contribution in [0.3, 0.4) is 0 Å². The number of hydrogen-bond donors (Lipinski definition) is 2. The van der Waals surface area contributed by atoms with Gasteiger partial charge in [-0.3, -0.25) is 4.79 Å². The largest absolute Gasteiger partial charge is 0.479 e. The standard InChI is InChI=1S/C5H8O4/c1-3(6)5(2,9)4(7)8/h9H,1-2H3,(H,7,8)/i1+1,2D3,3+1,4+1,5+1. The highest BCUT2D eigenvalue weighted by atomic mass is 16.6. The molecule has 0 saturated carbocycles. The second-order valence-electron chi connectivity index (χ2n) is 1.57. The molecule has 0 aromatic carbocycles. The van der Waals surface area contributed by atoms with E-state index in [2.05, 4.69) is 0 Å². The van der Waals surface area contributed by atoms with Crippen molar-refractivity contribution in [2.24, 2.45) is 0 Å². The van der Waals surface area contributed by atoms with Crippen LogP contribution in [0.15, 0.2) is 0 Å². The number of carboxylic acids is 1. The number of carbonyl (C=O) groups excluding carboxylic acids is 1. The maximum absolute atomic E-state index is 10.6. The minimum absolute atomic E-state index is 0.709. The lowest BCUT2D eigenvalue weighted by Crippen LogP contribution is -2.41. The Morgan fingerprint density at radius 1 is 1.67 bits per heavy atom. The highest BCUT2D eigenvalue weighted by Crippen LogP contribution is 2.03. The van der Waals surface area contributed by atoms with Crippen molar-refractivity contribution in [3.05, 3.63) is 0 Å². The molecule has 1 atom stereocenters. The van der Waals surface area contributed by atoms with E-state index in [0.717, 1.165) is 0 Å². The van der Waals surface area contributed by atoms with E-state index >= 15 is 0 Å². The first-order valence-corrected chi connectivity index (χ1v) is 2.11. The SMILES string of the molecule is [2H]C([2H])([2H])[13C](O)([13C]([13CH3])=O)[13C](=O)O. The summed E-state index contributed by atoms with van der Waals surface area (Å²) in [5.41, 5.74) is -3.28. The number of aliphatic hydroxyl groups is 1. The van der Waals surface area contributed by atoms with Crippen molar-refractivity contribution < 1.29 is 23.9 Å². The fraction of sp³-hybridized carbons (Fsp3) is 0.600. The molecule has 0 bridgehead atoms. The van der Waals surface area contributed by atoms with Gasteiger partial charge in [-0.2, -0.15) is 0 Å². The molecule has 52 valence electrons. The van der Waals surface area contributed by atoms with Gasteiger partial charge in [-0.25, -0.2) is 4.79 Å². The summed E-state index contributed by atoms with van der Waals surface area (Å²) in [5, 5.41) is 17.3. The van der Waals surface area contributed by atoms with Crippen LogP contribution in [0.4, 0.5) is 0 Å². The highest BCUT2D eigenvalue weighted by molar-refractivity contribution is 6.04. The van der Waals surface area contributed by atoms with Gasteiger partial charge in [0.2, 0.25) is 5.60 Å². The topological polar surface area (TPSA) is 74.6 Å². The van der Waals surface area contributed by atoms with Gasteiger partial charge in [0.15, 0.2) is 5.78 Å². The minimum atomic E-state index is -3.28. The van der Waals surface area contributed by atoms with Crippen LogP contribution in [0.25, 0.3) is 0 Å². The Kier molecular flexibility index (Phi) is 0.954. The summed E-state index contributed by atoms with van der Waals surface area (Å²) in [4.78, 5) is 20.8. The van der Waals surface area contributed by atoms with Gasteiger partial charge in [0.25, 0.3) is 0 Å². The van der Waals surface area contributed by atoms with Crippen LogP contribution in [-0.4, -0.2) is 27.6 Å². The Morgan fingerprint density at radius 3 is 2.11 bits per heavy atom. The Balaban J connectivity index is 5.17. The third-order valence-electron chi connectivity index (χ3n) is 0.819. The van der Waals surface area contributed by atoms with Crippen molar-refractivity contribution in [3.63, 3.8) is 0 Å². The van der Waals surface area contributed by atoms with Crippen LogP contribution >= 0.6 is 0 Å². The molecule has 0 aromatic heterocycles. The van der Waals surface area contributed by atoms with E-state index < -0.39 is 24.2 Å². The number of ketones is 1. The Labute approximate surface area is 56.3 Å². The molecule has 0 aromatic rings. The van der Waals surface area contributed by atoms with Crippen LogP contribution in [-0.2, 0) is 9.59 Å². The Hall–Kier alpha value is -0.900. The summed E-state index contributed by atoms with van der Waals surface area (Å²) in [7, 11) is 0. The third kappa shape index (κ3) is 1.50. The molecule has 0 heterocycles. The number of carbonyl (C=O) groups is 2. The fourth-order valence-corrected chi connectivity index (χ4v) is 0.151. The van der Waals surface area contributed by atoms with E-state index in [1.54, 1.807) is 0 Å². The van der Waals surface area contributed by atoms with Crippen LogP contribution in [0.1, 0.15) is 17.9 Å². The van der Waals surface area contributed by atoms with Crippen molar-refractivity contribution in [1.82, 2.24) is 0 Å². The monoisotopic (exact) mass is 139 g/mol. The zero-order chi connectivity index (χ0) is 10.2. The van der Waals surface area contributed by atoms with Gasteiger partial charge >= 0.3 is 5.97 Å². The van der Waals surface area contributed by atoms with Crippen molar-refractivity contribution >= 4 is 11.8 Å². The molecule has 0 fully saturated rings. The summed E-state index contributed by atoms with van der Waals surface area (Å²) in [5.74, 6) is -3.37. The molecule has 0 saturated heterocycles. The Morgan fingerprint density at radius 2 is 2.11 bits per heavy atom. The van der Waals surface area contributed by atoms with Crippen LogP contribution in [0.5, 0.6) is 0 Å². The molecule has 0 radical (unpaired) electrons. The zero-order valence-electron chi connectivity index (χ0n) is 7.71. The van der Waals surface area contributed by atoms with Crippen molar-refractivity contribution in [1.29, 1.82) is 0 Å². The van der Waals surface area contributed by atoms with Crippen LogP contribution in [0, 0.1) is 0 Å². The van der Waals surface area contributed by atoms with Crippen molar-refractivity contribution in [2.45, 2.75) is 19.4 Å². The molecule has 0 aliphatic heterocycles. The number of aliphatic carboxylic acids is 1. The fourth-order valence-electron chi connectivity index (χ4n) is 0.151. The van der Waals surface area contributed by atoms with Crippen molar-refractivity contribution in [2.75, 3.05) is 0 Å². The predicted molar refractivity (Wildman–Crippen MR) is 28.9 cm³/mol. The second kappa shape index (κ2) is 2.14. The normalized spacial score (nSPS) is 22.7. The lowest BCUT2D eigenvalue weighted by atomic mass is 10.8. The quantitative estimate of drug-likeness (QED) is 0.396.